The number of fused-ring (bicyclic) bond motifs is 2. The number of ether oxygens (including phenoxy) is 1. The van der Waals surface area contributed by atoms with Gasteiger partial charge in [0.2, 0.25) is 0 Å². The summed E-state index contributed by atoms with van der Waals surface area (Å²) in [6.07, 6.45) is 2.05. The Hall–Kier alpha value is -1.63. The molecule has 0 unspecified atom stereocenters. The molecule has 6 heteroatoms. The number of aromatic nitrogens is 2. The summed E-state index contributed by atoms with van der Waals surface area (Å²) < 4.78 is 8.60. The van der Waals surface area contributed by atoms with Gasteiger partial charge in [0, 0.05) is 0 Å². The van der Waals surface area contributed by atoms with Crippen molar-refractivity contribution in [2.75, 3.05) is 13.4 Å². The maximum atomic E-state index is 5.01. The number of thiazole rings is 2. The van der Waals surface area contributed by atoms with Crippen LogP contribution in [-0.2, 0) is 0 Å². The van der Waals surface area contributed by atoms with E-state index in [1.165, 1.54) is 9.40 Å². The molecule has 0 saturated heterocycles. The molecule has 0 fully saturated rings. The monoisotopic (exact) mass is 346 g/mol. The molecule has 112 valence electrons. The van der Waals surface area contributed by atoms with Crippen molar-refractivity contribution in [3.63, 3.8) is 0 Å². The molecule has 2 aromatic carbocycles. The van der Waals surface area contributed by atoms with Crippen molar-refractivity contribution in [1.82, 2.24) is 9.97 Å². The molecule has 0 radical (unpaired) electrons. The second-order valence-corrected chi connectivity index (χ2v) is 7.38. The zero-order chi connectivity index (χ0) is 15.4. The van der Waals surface area contributed by atoms with Crippen molar-refractivity contribution in [2.45, 2.75) is 4.34 Å². The van der Waals surface area contributed by atoms with Crippen LogP contribution in [0.5, 0.6) is 5.19 Å². The summed E-state index contributed by atoms with van der Waals surface area (Å²) in [5.74, 6) is 0. The van der Waals surface area contributed by atoms with E-state index in [4.69, 9.17) is 4.74 Å². The first-order valence-electron chi connectivity index (χ1n) is 6.59. The van der Waals surface area contributed by atoms with E-state index in [2.05, 4.69) is 22.3 Å². The summed E-state index contributed by atoms with van der Waals surface area (Å²) >= 11 is 5.01. The van der Waals surface area contributed by atoms with Crippen LogP contribution in [0.3, 0.4) is 0 Å². The molecule has 3 nitrogen and oxygen atoms in total. The van der Waals surface area contributed by atoms with Crippen molar-refractivity contribution in [2.24, 2.45) is 0 Å². The lowest BCUT2D eigenvalue weighted by atomic mass is 10.3. The van der Waals surface area contributed by atoms with E-state index < -0.39 is 0 Å². The number of benzene rings is 2. The molecule has 0 atom stereocenters. The van der Waals surface area contributed by atoms with E-state index in [-0.39, 0.29) is 0 Å². The molecule has 4 rings (SSSR count). The van der Waals surface area contributed by atoms with Crippen molar-refractivity contribution in [3.8, 4) is 5.19 Å². The molecular formula is C16H14N2OS3. The van der Waals surface area contributed by atoms with Crippen LogP contribution >= 0.6 is 34.4 Å². The molecule has 2 heterocycles. The number of rotatable bonds is 2. The van der Waals surface area contributed by atoms with Gasteiger partial charge in [0.1, 0.15) is 0 Å². The van der Waals surface area contributed by atoms with E-state index in [9.17, 15) is 0 Å². The largest absolute Gasteiger partial charge is 0.473 e. The van der Waals surface area contributed by atoms with Crippen LogP contribution in [0.25, 0.3) is 20.4 Å². The highest BCUT2D eigenvalue weighted by molar-refractivity contribution is 8.00. The standard InChI is InChI=1S/C8H7NOS.C8H7NS2/c2*1-10-8-9-6-4-2-3-5-7(6)11-8/h2*2-5H,1H3. The van der Waals surface area contributed by atoms with Crippen LogP contribution < -0.4 is 4.74 Å². The zero-order valence-electron chi connectivity index (χ0n) is 12.1. The molecule has 0 spiro atoms. The second kappa shape index (κ2) is 7.09. The molecule has 0 amide bonds. The minimum absolute atomic E-state index is 0.728. The fourth-order valence-electron chi connectivity index (χ4n) is 1.88. The number of thioether (sulfide) groups is 1. The van der Waals surface area contributed by atoms with Crippen LogP contribution in [0, 0.1) is 0 Å². The first-order chi connectivity index (χ1) is 10.8. The minimum Gasteiger partial charge on any atom is -0.473 e. The van der Waals surface area contributed by atoms with Gasteiger partial charge >= 0.3 is 0 Å². The maximum Gasteiger partial charge on any atom is 0.274 e. The molecule has 0 N–H and O–H groups in total. The Morgan fingerprint density at radius 1 is 0.864 bits per heavy atom. The lowest BCUT2D eigenvalue weighted by Crippen LogP contribution is -1.77. The fraction of sp³-hybridized carbons (Fsp3) is 0.125. The van der Waals surface area contributed by atoms with Crippen LogP contribution in [0.15, 0.2) is 52.9 Å². The number of para-hydroxylation sites is 2. The summed E-state index contributed by atoms with van der Waals surface area (Å²) in [5, 5.41) is 0.728. The number of nitrogens with zero attached hydrogens (tertiary/aromatic N) is 2. The second-order valence-electron chi connectivity index (χ2n) is 4.30. The van der Waals surface area contributed by atoms with Crippen LogP contribution in [0.1, 0.15) is 0 Å². The van der Waals surface area contributed by atoms with E-state index in [1.807, 2.05) is 42.5 Å². The summed E-state index contributed by atoms with van der Waals surface area (Å²) in [7, 11) is 1.64. The molecule has 22 heavy (non-hydrogen) atoms. The Morgan fingerprint density at radius 2 is 1.45 bits per heavy atom. The zero-order valence-corrected chi connectivity index (χ0v) is 14.6. The summed E-state index contributed by atoms with van der Waals surface area (Å²) in [5.41, 5.74) is 2.12. The third kappa shape index (κ3) is 3.40. The molecule has 0 bridgehead atoms. The molecule has 0 aliphatic rings. The predicted octanol–water partition coefficient (Wildman–Crippen LogP) is 5.32. The summed E-state index contributed by atoms with van der Waals surface area (Å²) in [6, 6.07) is 16.2. The third-order valence-corrected chi connectivity index (χ3v) is 5.92. The lowest BCUT2D eigenvalue weighted by molar-refractivity contribution is 0.413. The van der Waals surface area contributed by atoms with E-state index in [0.717, 1.165) is 20.6 Å². The van der Waals surface area contributed by atoms with Gasteiger partial charge in [-0.3, -0.25) is 0 Å². The highest BCUT2D eigenvalue weighted by Gasteiger charge is 2.00. The fourth-order valence-corrected chi connectivity index (χ4v) is 4.15. The van der Waals surface area contributed by atoms with Gasteiger partial charge < -0.3 is 4.74 Å². The topological polar surface area (TPSA) is 35.0 Å². The maximum absolute atomic E-state index is 5.01. The highest BCUT2D eigenvalue weighted by Crippen LogP contribution is 2.27. The Labute approximate surface area is 141 Å². The summed E-state index contributed by atoms with van der Waals surface area (Å²) in [4.78, 5) is 8.64. The van der Waals surface area contributed by atoms with E-state index in [0.29, 0.717) is 0 Å². The quantitative estimate of drug-likeness (QED) is 0.460. The van der Waals surface area contributed by atoms with Gasteiger partial charge in [-0.1, -0.05) is 47.4 Å². The SMILES string of the molecule is COc1nc2ccccc2s1.CSc1nc2ccccc2s1. The average molecular weight is 347 g/mol. The Kier molecular flexibility index (Phi) is 4.92. The van der Waals surface area contributed by atoms with Crippen molar-refractivity contribution < 1.29 is 4.74 Å². The first-order valence-corrected chi connectivity index (χ1v) is 9.45. The van der Waals surface area contributed by atoms with Gasteiger partial charge in [0.15, 0.2) is 4.34 Å². The van der Waals surface area contributed by atoms with Gasteiger partial charge in [-0.05, 0) is 30.5 Å². The molecule has 4 aromatic rings. The van der Waals surface area contributed by atoms with Gasteiger partial charge in [0.05, 0.1) is 27.5 Å². The van der Waals surface area contributed by atoms with Gasteiger partial charge in [-0.25, -0.2) is 9.97 Å². The smallest absolute Gasteiger partial charge is 0.274 e. The number of hydrogen-bond acceptors (Lipinski definition) is 6. The summed E-state index contributed by atoms with van der Waals surface area (Å²) in [6.45, 7) is 0. The molecule has 0 aliphatic heterocycles. The van der Waals surface area contributed by atoms with Gasteiger partial charge in [-0.2, -0.15) is 0 Å². The number of hydrogen-bond donors (Lipinski definition) is 0. The van der Waals surface area contributed by atoms with E-state index in [1.54, 1.807) is 41.5 Å². The Balaban J connectivity index is 0.000000131. The van der Waals surface area contributed by atoms with Gasteiger partial charge in [0.25, 0.3) is 5.19 Å². The Morgan fingerprint density at radius 3 is 2.00 bits per heavy atom. The predicted molar refractivity (Wildman–Crippen MR) is 97.6 cm³/mol. The lowest BCUT2D eigenvalue weighted by Gasteiger charge is -1.84. The number of methoxy groups -OCH3 is 1. The average Bonchev–Trinajstić information content (AvgIpc) is 3.18. The normalized spacial score (nSPS) is 10.5. The van der Waals surface area contributed by atoms with Gasteiger partial charge in [-0.15, -0.1) is 11.3 Å². The van der Waals surface area contributed by atoms with Crippen molar-refractivity contribution in [3.05, 3.63) is 48.5 Å². The van der Waals surface area contributed by atoms with Crippen molar-refractivity contribution in [1.29, 1.82) is 0 Å². The van der Waals surface area contributed by atoms with Crippen LogP contribution in [-0.4, -0.2) is 23.3 Å². The van der Waals surface area contributed by atoms with Crippen molar-refractivity contribution >= 4 is 54.9 Å². The third-order valence-electron chi connectivity index (χ3n) is 2.90. The molecular weight excluding hydrogens is 332 g/mol. The molecule has 0 saturated carbocycles. The minimum atomic E-state index is 0.728. The van der Waals surface area contributed by atoms with E-state index >= 15 is 0 Å². The van der Waals surface area contributed by atoms with Crippen LogP contribution in [0.4, 0.5) is 0 Å². The molecule has 0 aliphatic carbocycles. The van der Waals surface area contributed by atoms with Crippen LogP contribution in [0.2, 0.25) is 0 Å². The first kappa shape index (κ1) is 15.3. The Bertz CT molecular complexity index is 745. The molecule has 2 aromatic heterocycles. The highest BCUT2D eigenvalue weighted by atomic mass is 32.2.